The lowest BCUT2D eigenvalue weighted by Gasteiger charge is -2.05. The van der Waals surface area contributed by atoms with Crippen molar-refractivity contribution >= 4 is 23.1 Å². The molecule has 1 aromatic heterocycles. The van der Waals surface area contributed by atoms with E-state index in [0.29, 0.717) is 17.0 Å². The van der Waals surface area contributed by atoms with Crippen LogP contribution in [0.4, 0.5) is 0 Å². The van der Waals surface area contributed by atoms with E-state index in [1.807, 2.05) is 0 Å². The topological polar surface area (TPSA) is 96.7 Å². The zero-order valence-corrected chi connectivity index (χ0v) is 10.2. The summed E-state index contributed by atoms with van der Waals surface area (Å²) in [5, 5.41) is 9.06. The highest BCUT2D eigenvalue weighted by molar-refractivity contribution is 7.80. The van der Waals surface area contributed by atoms with Crippen LogP contribution in [0.3, 0.4) is 0 Å². The van der Waals surface area contributed by atoms with Gasteiger partial charge < -0.3 is 11.1 Å². The second-order valence-corrected chi connectivity index (χ2v) is 4.00. The van der Waals surface area contributed by atoms with Gasteiger partial charge in [-0.25, -0.2) is 4.98 Å². The SMILES string of the molecule is NC(=S)c1cccc(C(=O)NCc2ncn[nH]2)c1. The van der Waals surface area contributed by atoms with Crippen LogP contribution < -0.4 is 11.1 Å². The molecule has 0 fully saturated rings. The van der Waals surface area contributed by atoms with Crippen LogP contribution in [-0.2, 0) is 6.54 Å². The van der Waals surface area contributed by atoms with Gasteiger partial charge in [0, 0.05) is 11.1 Å². The highest BCUT2D eigenvalue weighted by Gasteiger charge is 2.07. The molecule has 0 unspecified atom stereocenters. The Morgan fingerprint density at radius 2 is 2.22 bits per heavy atom. The third kappa shape index (κ3) is 2.89. The van der Waals surface area contributed by atoms with Gasteiger partial charge in [0.1, 0.15) is 17.1 Å². The lowest BCUT2D eigenvalue weighted by atomic mass is 10.1. The number of amides is 1. The number of aromatic amines is 1. The Labute approximate surface area is 109 Å². The average Bonchev–Trinajstić information content (AvgIpc) is 2.89. The predicted octanol–water partition coefficient (Wildman–Crippen LogP) is 0.369. The highest BCUT2D eigenvalue weighted by Crippen LogP contribution is 2.05. The number of carbonyl (C=O) groups is 1. The van der Waals surface area contributed by atoms with Gasteiger partial charge in [-0.15, -0.1) is 0 Å². The molecule has 2 aromatic rings. The quantitative estimate of drug-likeness (QED) is 0.691. The van der Waals surface area contributed by atoms with Crippen molar-refractivity contribution in [2.45, 2.75) is 6.54 Å². The standard InChI is InChI=1S/C11H11N5OS/c12-10(18)7-2-1-3-8(4-7)11(17)13-5-9-14-6-15-16-9/h1-4,6H,5H2,(H2,12,18)(H,13,17)(H,14,15,16). The number of nitrogens with one attached hydrogen (secondary N) is 2. The second kappa shape index (κ2) is 5.37. The Morgan fingerprint density at radius 1 is 1.44 bits per heavy atom. The van der Waals surface area contributed by atoms with Crippen LogP contribution in [0.5, 0.6) is 0 Å². The maximum atomic E-state index is 11.9. The van der Waals surface area contributed by atoms with E-state index in [2.05, 4.69) is 20.5 Å². The molecule has 1 heterocycles. The van der Waals surface area contributed by atoms with E-state index >= 15 is 0 Å². The fourth-order valence-corrected chi connectivity index (χ4v) is 1.52. The number of thiocarbonyl (C=S) groups is 1. The first-order valence-electron chi connectivity index (χ1n) is 5.19. The van der Waals surface area contributed by atoms with Crippen molar-refractivity contribution < 1.29 is 4.79 Å². The summed E-state index contributed by atoms with van der Waals surface area (Å²) in [6.45, 7) is 0.288. The van der Waals surface area contributed by atoms with E-state index in [4.69, 9.17) is 18.0 Å². The molecule has 0 radical (unpaired) electrons. The average molecular weight is 261 g/mol. The van der Waals surface area contributed by atoms with Crippen LogP contribution >= 0.6 is 12.2 Å². The number of H-pyrrole nitrogens is 1. The Balaban J connectivity index is 2.04. The molecule has 0 saturated heterocycles. The summed E-state index contributed by atoms with van der Waals surface area (Å²) in [5.74, 6) is 0.373. The van der Waals surface area contributed by atoms with Crippen molar-refractivity contribution in [2.24, 2.45) is 5.73 Å². The van der Waals surface area contributed by atoms with Gasteiger partial charge in [0.05, 0.1) is 6.54 Å². The van der Waals surface area contributed by atoms with Crippen LogP contribution in [0.2, 0.25) is 0 Å². The van der Waals surface area contributed by atoms with Crippen LogP contribution in [0.15, 0.2) is 30.6 Å². The summed E-state index contributed by atoms with van der Waals surface area (Å²) in [6, 6.07) is 6.84. The smallest absolute Gasteiger partial charge is 0.251 e. The van der Waals surface area contributed by atoms with E-state index < -0.39 is 0 Å². The highest BCUT2D eigenvalue weighted by atomic mass is 32.1. The van der Waals surface area contributed by atoms with Gasteiger partial charge in [0.25, 0.3) is 5.91 Å². The molecule has 1 aromatic carbocycles. The molecule has 0 saturated carbocycles. The van der Waals surface area contributed by atoms with Crippen LogP contribution in [0.25, 0.3) is 0 Å². The molecule has 4 N–H and O–H groups in total. The molecule has 0 bridgehead atoms. The van der Waals surface area contributed by atoms with Gasteiger partial charge in [-0.2, -0.15) is 5.10 Å². The first-order chi connectivity index (χ1) is 8.66. The molecular formula is C11H11N5OS. The fraction of sp³-hybridized carbons (Fsp3) is 0.0909. The molecule has 7 heteroatoms. The minimum atomic E-state index is -0.218. The van der Waals surface area contributed by atoms with Crippen molar-refractivity contribution in [1.82, 2.24) is 20.5 Å². The number of aromatic nitrogens is 3. The van der Waals surface area contributed by atoms with Gasteiger partial charge in [0.2, 0.25) is 0 Å². The minimum absolute atomic E-state index is 0.218. The monoisotopic (exact) mass is 261 g/mol. The molecule has 18 heavy (non-hydrogen) atoms. The minimum Gasteiger partial charge on any atom is -0.389 e. The summed E-state index contributed by atoms with van der Waals surface area (Å²) in [6.07, 6.45) is 1.38. The Bertz CT molecular complexity index is 567. The van der Waals surface area contributed by atoms with E-state index in [9.17, 15) is 4.79 Å². The molecule has 6 nitrogen and oxygen atoms in total. The molecule has 0 atom stereocenters. The summed E-state index contributed by atoms with van der Waals surface area (Å²) in [4.78, 5) is 16.0. The van der Waals surface area contributed by atoms with Crippen molar-refractivity contribution in [3.63, 3.8) is 0 Å². The molecule has 0 aliphatic rings. The number of nitrogens with zero attached hydrogens (tertiary/aromatic N) is 2. The third-order valence-electron chi connectivity index (χ3n) is 2.29. The predicted molar refractivity (Wildman–Crippen MR) is 69.9 cm³/mol. The lowest BCUT2D eigenvalue weighted by molar-refractivity contribution is 0.0950. The molecule has 0 spiro atoms. The first-order valence-corrected chi connectivity index (χ1v) is 5.60. The van der Waals surface area contributed by atoms with Gasteiger partial charge in [-0.1, -0.05) is 24.4 Å². The van der Waals surface area contributed by atoms with E-state index in [0.717, 1.165) is 0 Å². The van der Waals surface area contributed by atoms with Crippen LogP contribution in [0, 0.1) is 0 Å². The molecular weight excluding hydrogens is 250 g/mol. The Hall–Kier alpha value is -2.28. The third-order valence-corrected chi connectivity index (χ3v) is 2.53. The van der Waals surface area contributed by atoms with E-state index in [-0.39, 0.29) is 17.4 Å². The summed E-state index contributed by atoms with van der Waals surface area (Å²) >= 11 is 4.86. The largest absolute Gasteiger partial charge is 0.389 e. The lowest BCUT2D eigenvalue weighted by Crippen LogP contribution is -2.24. The van der Waals surface area contributed by atoms with Gasteiger partial charge in [-0.05, 0) is 12.1 Å². The fourth-order valence-electron chi connectivity index (χ4n) is 1.40. The first kappa shape index (κ1) is 12.2. The van der Waals surface area contributed by atoms with E-state index in [1.165, 1.54) is 6.33 Å². The number of nitrogens with two attached hydrogens (primary N) is 1. The Kier molecular flexibility index (Phi) is 3.63. The maximum Gasteiger partial charge on any atom is 0.251 e. The number of hydrogen-bond donors (Lipinski definition) is 3. The van der Waals surface area contributed by atoms with Crippen molar-refractivity contribution in [3.05, 3.63) is 47.5 Å². The normalized spacial score (nSPS) is 10.0. The summed E-state index contributed by atoms with van der Waals surface area (Å²) < 4.78 is 0. The molecule has 0 aliphatic carbocycles. The number of hydrogen-bond acceptors (Lipinski definition) is 4. The number of rotatable bonds is 4. The van der Waals surface area contributed by atoms with Crippen LogP contribution in [-0.4, -0.2) is 26.1 Å². The van der Waals surface area contributed by atoms with Gasteiger partial charge in [-0.3, -0.25) is 9.89 Å². The maximum absolute atomic E-state index is 11.9. The van der Waals surface area contributed by atoms with Crippen molar-refractivity contribution in [1.29, 1.82) is 0 Å². The Morgan fingerprint density at radius 3 is 2.89 bits per heavy atom. The molecule has 92 valence electrons. The van der Waals surface area contributed by atoms with E-state index in [1.54, 1.807) is 24.3 Å². The van der Waals surface area contributed by atoms with Gasteiger partial charge in [0.15, 0.2) is 0 Å². The number of benzene rings is 1. The second-order valence-electron chi connectivity index (χ2n) is 3.56. The van der Waals surface area contributed by atoms with Crippen molar-refractivity contribution in [2.75, 3.05) is 0 Å². The van der Waals surface area contributed by atoms with Gasteiger partial charge >= 0.3 is 0 Å². The van der Waals surface area contributed by atoms with Crippen LogP contribution in [0.1, 0.15) is 21.7 Å². The van der Waals surface area contributed by atoms with Crippen molar-refractivity contribution in [3.8, 4) is 0 Å². The number of carbonyl (C=O) groups excluding carboxylic acids is 1. The summed E-state index contributed by atoms with van der Waals surface area (Å²) in [5.41, 5.74) is 6.67. The zero-order chi connectivity index (χ0) is 13.0. The molecule has 0 aliphatic heterocycles. The zero-order valence-electron chi connectivity index (χ0n) is 9.38. The molecule has 1 amide bonds. The molecule has 2 rings (SSSR count). The summed E-state index contributed by atoms with van der Waals surface area (Å²) in [7, 11) is 0.